The van der Waals surface area contributed by atoms with Crippen LogP contribution >= 0.6 is 0 Å². The third-order valence-corrected chi connectivity index (χ3v) is 4.86. The Labute approximate surface area is 153 Å². The van der Waals surface area contributed by atoms with E-state index in [2.05, 4.69) is 11.0 Å². The SMILES string of the molecule is COC(=O)c1oc(CN2CCCC2c2ccc(OC)cc2OC)cc1C. The smallest absolute Gasteiger partial charge is 0.374 e. The summed E-state index contributed by atoms with van der Waals surface area (Å²) in [6.45, 7) is 3.46. The molecule has 1 aliphatic heterocycles. The fraction of sp³-hybridized carbons (Fsp3) is 0.450. The standard InChI is InChI=1S/C20H25NO5/c1-13-10-15(26-19(13)20(22)25-4)12-21-9-5-6-17(21)16-8-7-14(23-2)11-18(16)24-3/h7-8,10-11,17H,5-6,9,12H2,1-4H3. The van der Waals surface area contributed by atoms with E-state index in [1.54, 1.807) is 14.2 Å². The van der Waals surface area contributed by atoms with Crippen LogP contribution in [0.15, 0.2) is 28.7 Å². The number of rotatable bonds is 6. The molecule has 3 rings (SSSR count). The van der Waals surface area contributed by atoms with Gasteiger partial charge in [0.15, 0.2) is 0 Å². The molecule has 0 spiro atoms. The predicted molar refractivity (Wildman–Crippen MR) is 96.7 cm³/mol. The summed E-state index contributed by atoms with van der Waals surface area (Å²) < 4.78 is 21.4. The molecule has 1 fully saturated rings. The van der Waals surface area contributed by atoms with Crippen molar-refractivity contribution in [1.82, 2.24) is 4.90 Å². The number of esters is 1. The minimum atomic E-state index is -0.441. The van der Waals surface area contributed by atoms with Gasteiger partial charge >= 0.3 is 5.97 Å². The van der Waals surface area contributed by atoms with E-state index in [4.69, 9.17) is 18.6 Å². The minimum absolute atomic E-state index is 0.239. The van der Waals surface area contributed by atoms with Gasteiger partial charge in [-0.1, -0.05) is 6.07 Å². The van der Waals surface area contributed by atoms with E-state index in [9.17, 15) is 4.79 Å². The third kappa shape index (κ3) is 3.55. The van der Waals surface area contributed by atoms with E-state index in [1.165, 1.54) is 7.11 Å². The highest BCUT2D eigenvalue weighted by molar-refractivity contribution is 5.87. The summed E-state index contributed by atoms with van der Waals surface area (Å²) >= 11 is 0. The van der Waals surface area contributed by atoms with Crippen LogP contribution in [0.4, 0.5) is 0 Å². The molecule has 0 saturated carbocycles. The Hall–Kier alpha value is -2.47. The lowest BCUT2D eigenvalue weighted by Crippen LogP contribution is -2.23. The van der Waals surface area contributed by atoms with Gasteiger partial charge in [0.05, 0.1) is 27.9 Å². The molecule has 140 valence electrons. The second-order valence-electron chi connectivity index (χ2n) is 6.45. The first-order valence-corrected chi connectivity index (χ1v) is 8.71. The molecule has 1 aliphatic rings. The molecule has 26 heavy (non-hydrogen) atoms. The summed E-state index contributed by atoms with van der Waals surface area (Å²) in [5.41, 5.74) is 1.94. The van der Waals surface area contributed by atoms with Crippen LogP contribution in [0.1, 0.15) is 46.3 Å². The molecule has 2 aromatic rings. The van der Waals surface area contributed by atoms with Gasteiger partial charge in [-0.25, -0.2) is 4.79 Å². The molecule has 1 saturated heterocycles. The zero-order chi connectivity index (χ0) is 18.7. The van der Waals surface area contributed by atoms with Gasteiger partial charge in [0.1, 0.15) is 17.3 Å². The second kappa shape index (κ2) is 7.83. The Morgan fingerprint density at radius 3 is 2.73 bits per heavy atom. The summed E-state index contributed by atoms with van der Waals surface area (Å²) in [7, 11) is 4.68. The van der Waals surface area contributed by atoms with Gasteiger partial charge in [0, 0.05) is 23.2 Å². The van der Waals surface area contributed by atoms with Crippen LogP contribution in [0.3, 0.4) is 0 Å². The first-order chi connectivity index (χ1) is 12.6. The molecule has 1 atom stereocenters. The van der Waals surface area contributed by atoms with E-state index < -0.39 is 5.97 Å². The molecule has 0 bridgehead atoms. The Bertz CT molecular complexity index is 783. The van der Waals surface area contributed by atoms with Gasteiger partial charge in [0.2, 0.25) is 5.76 Å². The van der Waals surface area contributed by atoms with E-state index in [0.717, 1.165) is 47.8 Å². The Balaban J connectivity index is 1.82. The number of nitrogens with zero attached hydrogens (tertiary/aromatic N) is 1. The summed E-state index contributed by atoms with van der Waals surface area (Å²) in [5, 5.41) is 0. The highest BCUT2D eigenvalue weighted by atomic mass is 16.5. The monoisotopic (exact) mass is 359 g/mol. The van der Waals surface area contributed by atoms with Gasteiger partial charge in [0.25, 0.3) is 0 Å². The molecule has 0 aliphatic carbocycles. The maximum Gasteiger partial charge on any atom is 0.374 e. The second-order valence-corrected chi connectivity index (χ2v) is 6.45. The maximum absolute atomic E-state index is 11.8. The minimum Gasteiger partial charge on any atom is -0.497 e. The molecule has 0 radical (unpaired) electrons. The summed E-state index contributed by atoms with van der Waals surface area (Å²) in [6.07, 6.45) is 2.15. The zero-order valence-corrected chi connectivity index (χ0v) is 15.7. The number of ether oxygens (including phenoxy) is 3. The fourth-order valence-electron chi connectivity index (χ4n) is 3.58. The van der Waals surface area contributed by atoms with Crippen molar-refractivity contribution in [3.05, 3.63) is 46.9 Å². The van der Waals surface area contributed by atoms with Crippen molar-refractivity contribution in [3.63, 3.8) is 0 Å². The number of carbonyl (C=O) groups excluding carboxylic acids is 1. The predicted octanol–water partition coefficient (Wildman–Crippen LogP) is 3.73. The highest BCUT2D eigenvalue weighted by Gasteiger charge is 2.30. The number of benzene rings is 1. The third-order valence-electron chi connectivity index (χ3n) is 4.86. The summed E-state index contributed by atoms with van der Waals surface area (Å²) in [6, 6.07) is 8.09. The molecule has 6 heteroatoms. The molecule has 1 aromatic carbocycles. The number of hydrogen-bond donors (Lipinski definition) is 0. The van der Waals surface area contributed by atoms with Crippen molar-refractivity contribution in [2.45, 2.75) is 32.4 Å². The first kappa shape index (κ1) is 18.3. The molecular formula is C20H25NO5. The Morgan fingerprint density at radius 2 is 2.04 bits per heavy atom. The van der Waals surface area contributed by atoms with Crippen LogP contribution in [-0.2, 0) is 11.3 Å². The molecule has 1 unspecified atom stereocenters. The van der Waals surface area contributed by atoms with Crippen LogP contribution < -0.4 is 9.47 Å². The lowest BCUT2D eigenvalue weighted by molar-refractivity contribution is 0.0559. The van der Waals surface area contributed by atoms with Crippen LogP contribution in [0.2, 0.25) is 0 Å². The van der Waals surface area contributed by atoms with E-state index in [0.29, 0.717) is 6.54 Å². The molecule has 2 heterocycles. The molecule has 1 aromatic heterocycles. The Morgan fingerprint density at radius 1 is 1.23 bits per heavy atom. The topological polar surface area (TPSA) is 61.1 Å². The van der Waals surface area contributed by atoms with Gasteiger partial charge < -0.3 is 18.6 Å². The quantitative estimate of drug-likeness (QED) is 0.733. The average Bonchev–Trinajstić information content (AvgIpc) is 3.27. The van der Waals surface area contributed by atoms with Crippen LogP contribution in [0, 0.1) is 6.92 Å². The number of carbonyl (C=O) groups is 1. The van der Waals surface area contributed by atoms with Crippen molar-refractivity contribution in [2.24, 2.45) is 0 Å². The van der Waals surface area contributed by atoms with Crippen molar-refractivity contribution in [2.75, 3.05) is 27.9 Å². The maximum atomic E-state index is 11.8. The molecular weight excluding hydrogens is 334 g/mol. The molecule has 6 nitrogen and oxygen atoms in total. The van der Waals surface area contributed by atoms with Gasteiger partial charge in [-0.2, -0.15) is 0 Å². The van der Waals surface area contributed by atoms with Crippen molar-refractivity contribution in [3.8, 4) is 11.5 Å². The van der Waals surface area contributed by atoms with E-state index in [1.807, 2.05) is 25.1 Å². The van der Waals surface area contributed by atoms with Crippen LogP contribution in [0.25, 0.3) is 0 Å². The first-order valence-electron chi connectivity index (χ1n) is 8.71. The van der Waals surface area contributed by atoms with Crippen LogP contribution in [-0.4, -0.2) is 38.7 Å². The van der Waals surface area contributed by atoms with Crippen LogP contribution in [0.5, 0.6) is 11.5 Å². The van der Waals surface area contributed by atoms with Gasteiger partial charge in [-0.3, -0.25) is 4.90 Å². The average molecular weight is 359 g/mol. The van der Waals surface area contributed by atoms with Gasteiger partial charge in [-0.15, -0.1) is 0 Å². The summed E-state index contributed by atoms with van der Waals surface area (Å²) in [4.78, 5) is 14.1. The zero-order valence-electron chi connectivity index (χ0n) is 15.7. The number of furan rings is 1. The van der Waals surface area contributed by atoms with Gasteiger partial charge in [-0.05, 0) is 38.4 Å². The highest BCUT2D eigenvalue weighted by Crippen LogP contribution is 2.39. The van der Waals surface area contributed by atoms with E-state index >= 15 is 0 Å². The van der Waals surface area contributed by atoms with E-state index in [-0.39, 0.29) is 11.8 Å². The van der Waals surface area contributed by atoms with Crippen molar-refractivity contribution in [1.29, 1.82) is 0 Å². The van der Waals surface area contributed by atoms with Crippen molar-refractivity contribution >= 4 is 5.97 Å². The number of methoxy groups -OCH3 is 3. The fourth-order valence-corrected chi connectivity index (χ4v) is 3.58. The molecule has 0 amide bonds. The lowest BCUT2D eigenvalue weighted by Gasteiger charge is -2.25. The summed E-state index contributed by atoms with van der Waals surface area (Å²) in [5.74, 6) is 2.21. The normalized spacial score (nSPS) is 17.3. The lowest BCUT2D eigenvalue weighted by atomic mass is 10.0. The Kier molecular flexibility index (Phi) is 5.52. The number of hydrogen-bond acceptors (Lipinski definition) is 6. The number of likely N-dealkylation sites (tertiary alicyclic amines) is 1. The largest absolute Gasteiger partial charge is 0.497 e. The molecule has 0 N–H and O–H groups in total. The number of aryl methyl sites for hydroxylation is 1. The van der Waals surface area contributed by atoms with Crippen molar-refractivity contribution < 1.29 is 23.4 Å².